The van der Waals surface area contributed by atoms with E-state index >= 15 is 0 Å². The fourth-order valence-electron chi connectivity index (χ4n) is 1.50. The molecule has 0 bridgehead atoms. The number of nitrogens with one attached hydrogen (secondary N) is 1. The molecule has 0 aliphatic rings. The fraction of sp³-hybridized carbons (Fsp3) is 0.417. The van der Waals surface area contributed by atoms with E-state index in [1.54, 1.807) is 24.3 Å². The molecule has 106 valence electrons. The van der Waals surface area contributed by atoms with Crippen LogP contribution in [0.4, 0.5) is 0 Å². The van der Waals surface area contributed by atoms with Gasteiger partial charge in [-0.3, -0.25) is 4.79 Å². The lowest BCUT2D eigenvalue weighted by molar-refractivity contribution is -0.141. The summed E-state index contributed by atoms with van der Waals surface area (Å²) >= 11 is 0. The first-order valence-electron chi connectivity index (χ1n) is 5.76. The number of hydrogen-bond acceptors (Lipinski definition) is 4. The maximum Gasteiger partial charge on any atom is 0.324 e. The van der Waals surface area contributed by atoms with Crippen LogP contribution in [0.3, 0.4) is 0 Å². The molecule has 3 N–H and O–H groups in total. The van der Waals surface area contributed by atoms with Gasteiger partial charge >= 0.3 is 5.97 Å². The molecule has 6 nitrogen and oxygen atoms in total. The number of carboxylic acids is 1. The number of carbonyl (C=O) groups is 1. The van der Waals surface area contributed by atoms with Crippen LogP contribution in [0.25, 0.3) is 0 Å². The Balaban J connectivity index is 2.64. The van der Waals surface area contributed by atoms with Crippen LogP contribution in [0.1, 0.15) is 12.5 Å². The molecule has 0 aromatic heterocycles. The third-order valence-electron chi connectivity index (χ3n) is 2.56. The molecule has 0 unspecified atom stereocenters. The van der Waals surface area contributed by atoms with Crippen LogP contribution in [-0.2, 0) is 21.2 Å². The molecule has 0 heterocycles. The highest BCUT2D eigenvalue weighted by molar-refractivity contribution is 7.89. The number of aryl methyl sites for hydroxylation is 1. The molecule has 0 saturated heterocycles. The minimum absolute atomic E-state index is 0.229. The van der Waals surface area contributed by atoms with E-state index in [1.165, 1.54) is 6.92 Å². The lowest BCUT2D eigenvalue weighted by atomic mass is 10.2. The first-order valence-corrected chi connectivity index (χ1v) is 7.42. The van der Waals surface area contributed by atoms with Crippen molar-refractivity contribution in [2.75, 3.05) is 5.75 Å². The van der Waals surface area contributed by atoms with E-state index in [4.69, 9.17) is 5.11 Å². The Bertz CT molecular complexity index is 512. The van der Waals surface area contributed by atoms with Gasteiger partial charge in [0.1, 0.15) is 6.04 Å². The topological polar surface area (TPSA) is 104 Å². The van der Waals surface area contributed by atoms with Crippen molar-refractivity contribution < 1.29 is 23.4 Å². The largest absolute Gasteiger partial charge is 0.480 e. The Labute approximate surface area is 112 Å². The van der Waals surface area contributed by atoms with E-state index in [-0.39, 0.29) is 12.2 Å². The standard InChI is InChI=1S/C12H17NO5S/c1-9(14)11(12(15)16)13-19(17,18)8-7-10-5-3-2-4-6-10/h2-6,9,11,13-14H,7-8H2,1H3,(H,15,16)/t9-,11+/m1/s1. The van der Waals surface area contributed by atoms with E-state index in [2.05, 4.69) is 0 Å². The van der Waals surface area contributed by atoms with Gasteiger partial charge in [0.15, 0.2) is 0 Å². The fourth-order valence-corrected chi connectivity index (χ4v) is 2.81. The number of carboxylic acid groups (broad SMARTS) is 1. The zero-order chi connectivity index (χ0) is 14.5. The molecule has 0 aliphatic heterocycles. The van der Waals surface area contributed by atoms with Gasteiger partial charge in [-0.15, -0.1) is 0 Å². The smallest absolute Gasteiger partial charge is 0.324 e. The number of aliphatic carboxylic acids is 1. The third kappa shape index (κ3) is 5.37. The number of benzene rings is 1. The average molecular weight is 287 g/mol. The number of sulfonamides is 1. The summed E-state index contributed by atoms with van der Waals surface area (Å²) in [5.74, 6) is -1.63. The van der Waals surface area contributed by atoms with Crippen molar-refractivity contribution in [3.05, 3.63) is 35.9 Å². The summed E-state index contributed by atoms with van der Waals surface area (Å²) in [4.78, 5) is 10.8. The van der Waals surface area contributed by atoms with Crippen molar-refractivity contribution in [3.8, 4) is 0 Å². The second-order valence-electron chi connectivity index (χ2n) is 4.23. The lowest BCUT2D eigenvalue weighted by Crippen LogP contribution is -2.48. The molecule has 0 aliphatic carbocycles. The second kappa shape index (κ2) is 6.65. The van der Waals surface area contributed by atoms with Crippen molar-refractivity contribution in [2.45, 2.75) is 25.5 Å². The highest BCUT2D eigenvalue weighted by atomic mass is 32.2. The molecular weight excluding hydrogens is 270 g/mol. The third-order valence-corrected chi connectivity index (χ3v) is 3.91. The minimum atomic E-state index is -3.76. The van der Waals surface area contributed by atoms with Gasteiger partial charge in [-0.1, -0.05) is 30.3 Å². The van der Waals surface area contributed by atoms with E-state index in [0.717, 1.165) is 5.56 Å². The first kappa shape index (κ1) is 15.6. The normalized spacial score (nSPS) is 14.8. The van der Waals surface area contributed by atoms with Gasteiger partial charge in [-0.2, -0.15) is 4.72 Å². The van der Waals surface area contributed by atoms with E-state index < -0.39 is 28.1 Å². The predicted molar refractivity (Wildman–Crippen MR) is 70.2 cm³/mol. The predicted octanol–water partition coefficient (Wildman–Crippen LogP) is -0.0175. The zero-order valence-electron chi connectivity index (χ0n) is 10.5. The summed E-state index contributed by atoms with van der Waals surface area (Å²) in [5, 5.41) is 18.0. The Hall–Kier alpha value is -1.44. The van der Waals surface area contributed by atoms with Crippen LogP contribution in [0, 0.1) is 0 Å². The van der Waals surface area contributed by atoms with Crippen LogP contribution >= 0.6 is 0 Å². The molecule has 7 heteroatoms. The van der Waals surface area contributed by atoms with Crippen LogP contribution in [0.15, 0.2) is 30.3 Å². The average Bonchev–Trinajstić information content (AvgIpc) is 2.34. The Morgan fingerprint density at radius 1 is 1.32 bits per heavy atom. The number of aliphatic hydroxyl groups is 1. The zero-order valence-corrected chi connectivity index (χ0v) is 11.3. The summed E-state index contributed by atoms with van der Waals surface area (Å²) in [5.41, 5.74) is 0.844. The number of aliphatic hydroxyl groups excluding tert-OH is 1. The van der Waals surface area contributed by atoms with Crippen LogP contribution in [-0.4, -0.2) is 42.5 Å². The highest BCUT2D eigenvalue weighted by Crippen LogP contribution is 2.03. The number of hydrogen-bond donors (Lipinski definition) is 3. The Kier molecular flexibility index (Phi) is 5.46. The minimum Gasteiger partial charge on any atom is -0.480 e. The molecule has 19 heavy (non-hydrogen) atoms. The SMILES string of the molecule is C[C@@H](O)[C@H](NS(=O)(=O)CCc1ccccc1)C(=O)O. The molecule has 1 aromatic carbocycles. The maximum atomic E-state index is 11.7. The van der Waals surface area contributed by atoms with Gasteiger partial charge in [-0.05, 0) is 18.9 Å². The van der Waals surface area contributed by atoms with E-state index in [0.29, 0.717) is 0 Å². The monoisotopic (exact) mass is 287 g/mol. The van der Waals surface area contributed by atoms with Crippen molar-refractivity contribution in [1.82, 2.24) is 4.72 Å². The Morgan fingerprint density at radius 2 is 1.89 bits per heavy atom. The second-order valence-corrected chi connectivity index (χ2v) is 6.10. The molecule has 0 saturated carbocycles. The van der Waals surface area contributed by atoms with Crippen molar-refractivity contribution in [3.63, 3.8) is 0 Å². The van der Waals surface area contributed by atoms with Crippen molar-refractivity contribution in [1.29, 1.82) is 0 Å². The molecule has 1 rings (SSSR count). The lowest BCUT2D eigenvalue weighted by Gasteiger charge is -2.17. The molecular formula is C12H17NO5S. The summed E-state index contributed by atoms with van der Waals surface area (Å²) in [6.45, 7) is 1.22. The van der Waals surface area contributed by atoms with E-state index in [9.17, 15) is 18.3 Å². The van der Waals surface area contributed by atoms with Gasteiger partial charge in [0.05, 0.1) is 11.9 Å². The molecule has 0 spiro atoms. The molecule has 1 aromatic rings. The van der Waals surface area contributed by atoms with Gasteiger partial charge in [0.2, 0.25) is 10.0 Å². The maximum absolute atomic E-state index is 11.7. The van der Waals surface area contributed by atoms with Gasteiger partial charge < -0.3 is 10.2 Å². The highest BCUT2D eigenvalue weighted by Gasteiger charge is 2.27. The van der Waals surface area contributed by atoms with Crippen LogP contribution < -0.4 is 4.72 Å². The van der Waals surface area contributed by atoms with Crippen LogP contribution in [0.5, 0.6) is 0 Å². The number of rotatable bonds is 7. The Morgan fingerprint density at radius 3 is 2.37 bits per heavy atom. The quantitative estimate of drug-likeness (QED) is 0.654. The summed E-state index contributed by atoms with van der Waals surface area (Å²) in [7, 11) is -3.76. The van der Waals surface area contributed by atoms with Crippen LogP contribution in [0.2, 0.25) is 0 Å². The molecule has 0 amide bonds. The summed E-state index contributed by atoms with van der Waals surface area (Å²) < 4.78 is 25.5. The summed E-state index contributed by atoms with van der Waals surface area (Å²) in [6.07, 6.45) is -1.02. The van der Waals surface area contributed by atoms with Crippen molar-refractivity contribution >= 4 is 16.0 Å². The molecule has 2 atom stereocenters. The molecule has 0 radical (unpaired) electrons. The molecule has 0 fully saturated rings. The van der Waals surface area contributed by atoms with E-state index in [1.807, 2.05) is 10.8 Å². The van der Waals surface area contributed by atoms with Gasteiger partial charge in [0.25, 0.3) is 0 Å². The first-order chi connectivity index (χ1) is 8.82. The van der Waals surface area contributed by atoms with Crippen molar-refractivity contribution in [2.24, 2.45) is 0 Å². The van der Waals surface area contributed by atoms with Gasteiger partial charge in [0, 0.05) is 0 Å². The summed E-state index contributed by atoms with van der Waals surface area (Å²) in [6, 6.07) is 7.47. The van der Waals surface area contributed by atoms with Gasteiger partial charge in [-0.25, -0.2) is 8.42 Å².